The Morgan fingerprint density at radius 1 is 1.06 bits per heavy atom. The Bertz CT molecular complexity index is 1610. The predicted molar refractivity (Wildman–Crippen MR) is 171 cm³/mol. The van der Waals surface area contributed by atoms with Gasteiger partial charge in [-0.25, -0.2) is 0 Å². The highest BCUT2D eigenvalue weighted by Crippen LogP contribution is 2.52. The van der Waals surface area contributed by atoms with Crippen LogP contribution in [-0.2, 0) is 20.7 Å². The summed E-state index contributed by atoms with van der Waals surface area (Å²) in [7, 11) is 1.35. The van der Waals surface area contributed by atoms with Gasteiger partial charge >= 0.3 is 0 Å². The molecule has 3 aliphatic rings. The van der Waals surface area contributed by atoms with Crippen LogP contribution in [0.4, 0.5) is 0 Å². The maximum Gasteiger partial charge on any atom is 0.202 e. The molecule has 4 unspecified atom stereocenters. The number of ether oxygens (including phenoxy) is 3. The largest absolute Gasteiger partial charge is 0.507 e. The third-order valence-corrected chi connectivity index (χ3v) is 9.52. The van der Waals surface area contributed by atoms with Crippen molar-refractivity contribution in [2.45, 2.75) is 103 Å². The molecule has 0 spiro atoms. The van der Waals surface area contributed by atoms with Crippen LogP contribution >= 0.6 is 0 Å². The van der Waals surface area contributed by atoms with Gasteiger partial charge in [-0.15, -0.1) is 0 Å². The van der Waals surface area contributed by atoms with Gasteiger partial charge in [0.05, 0.1) is 47.9 Å². The lowest BCUT2D eigenvalue weighted by molar-refractivity contribution is -0.247. The Kier molecular flexibility index (Phi) is 9.79. The summed E-state index contributed by atoms with van der Waals surface area (Å²) in [5.41, 5.74) is -3.02. The van der Waals surface area contributed by atoms with E-state index in [1.54, 1.807) is 6.92 Å². The second-order valence-electron chi connectivity index (χ2n) is 12.7. The number of amidine groups is 1. The first-order chi connectivity index (χ1) is 22.3. The van der Waals surface area contributed by atoms with Crippen LogP contribution in [0, 0.1) is 0 Å². The fraction of sp³-hybridized carbons (Fsp3) is 0.543. The first-order valence-corrected chi connectivity index (χ1v) is 16.2. The predicted octanol–water partition coefficient (Wildman–Crippen LogP) is 3.61. The molecule has 0 amide bonds. The zero-order valence-electron chi connectivity index (χ0n) is 27.7. The van der Waals surface area contributed by atoms with Crippen LogP contribution in [0.3, 0.4) is 0 Å². The molecule has 4 N–H and O–H groups in total. The topological polar surface area (TPSA) is 175 Å². The molecular weight excluding hydrogens is 608 g/mol. The Morgan fingerprint density at radius 2 is 1.72 bits per heavy atom. The number of phenols is 2. The van der Waals surface area contributed by atoms with Gasteiger partial charge in [-0.1, -0.05) is 26.0 Å². The van der Waals surface area contributed by atoms with Crippen LogP contribution in [0.5, 0.6) is 17.2 Å². The Hall–Kier alpha value is -3.84. The SMILES string of the molecule is CCCN(CCC)C(C)=N[C@H]1CC(O[C@H]2CC(O)(C(C)=O)Cc3c(O)c4c(c(O)c32)C(=O)c2c(OC)cccc2C4=O)OC(C)C1O. The van der Waals surface area contributed by atoms with E-state index in [4.69, 9.17) is 19.2 Å². The number of nitrogens with zero attached hydrogens (tertiary/aromatic N) is 2. The first-order valence-electron chi connectivity index (χ1n) is 16.2. The Balaban J connectivity index is 1.57. The average Bonchev–Trinajstić information content (AvgIpc) is 3.03. The Labute approximate surface area is 274 Å². The van der Waals surface area contributed by atoms with Gasteiger partial charge in [0, 0.05) is 49.0 Å². The number of methoxy groups -OCH3 is 1. The highest BCUT2D eigenvalue weighted by Gasteiger charge is 2.49. The van der Waals surface area contributed by atoms with Gasteiger partial charge < -0.3 is 39.5 Å². The lowest BCUT2D eigenvalue weighted by Gasteiger charge is -2.42. The van der Waals surface area contributed by atoms with Gasteiger partial charge in [-0.2, -0.15) is 0 Å². The lowest BCUT2D eigenvalue weighted by Crippen LogP contribution is -2.49. The number of hydrogen-bond acceptors (Lipinski definition) is 11. The number of phenolic OH excluding ortho intramolecular Hbond substituents is 2. The smallest absolute Gasteiger partial charge is 0.202 e. The van der Waals surface area contributed by atoms with Crippen molar-refractivity contribution in [1.29, 1.82) is 0 Å². The molecule has 254 valence electrons. The van der Waals surface area contributed by atoms with E-state index >= 15 is 0 Å². The minimum Gasteiger partial charge on any atom is -0.507 e. The number of carbonyl (C=O) groups is 3. The number of rotatable bonds is 9. The third-order valence-electron chi connectivity index (χ3n) is 9.52. The summed E-state index contributed by atoms with van der Waals surface area (Å²) in [6.07, 6.45) is -2.68. The van der Waals surface area contributed by atoms with Crippen LogP contribution in [0.15, 0.2) is 23.2 Å². The molecule has 5 rings (SSSR count). The van der Waals surface area contributed by atoms with Crippen molar-refractivity contribution >= 4 is 23.2 Å². The van der Waals surface area contributed by atoms with Gasteiger partial charge in [0.2, 0.25) is 5.78 Å². The van der Waals surface area contributed by atoms with Crippen molar-refractivity contribution in [3.05, 3.63) is 51.6 Å². The average molecular weight is 653 g/mol. The molecule has 0 bridgehead atoms. The number of ketones is 3. The number of benzene rings is 2. The first kappa shape index (κ1) is 34.5. The summed E-state index contributed by atoms with van der Waals surface area (Å²) >= 11 is 0. The number of hydrogen-bond donors (Lipinski definition) is 4. The number of carbonyl (C=O) groups excluding carboxylic acids is 3. The summed E-state index contributed by atoms with van der Waals surface area (Å²) in [6, 6.07) is 3.87. The Morgan fingerprint density at radius 3 is 2.34 bits per heavy atom. The summed E-state index contributed by atoms with van der Waals surface area (Å²) in [4.78, 5) is 47.3. The minimum absolute atomic E-state index is 0.0107. The number of aliphatic hydroxyl groups excluding tert-OH is 1. The molecule has 2 aromatic carbocycles. The highest BCUT2D eigenvalue weighted by molar-refractivity contribution is 6.31. The number of Topliss-reactive ketones (excluding diaryl/α,β-unsaturated/α-hetero) is 1. The molecule has 6 atom stereocenters. The van der Waals surface area contributed by atoms with Crippen molar-refractivity contribution in [2.75, 3.05) is 20.2 Å². The molecule has 1 fully saturated rings. The van der Waals surface area contributed by atoms with Crippen LogP contribution in [0.1, 0.15) is 109 Å². The molecule has 0 saturated carbocycles. The second kappa shape index (κ2) is 13.3. The summed E-state index contributed by atoms with van der Waals surface area (Å²) in [5, 5.41) is 45.8. The van der Waals surface area contributed by atoms with Crippen molar-refractivity contribution in [2.24, 2.45) is 4.99 Å². The van der Waals surface area contributed by atoms with Crippen LogP contribution in [-0.4, -0.2) is 98.9 Å². The molecule has 1 heterocycles. The van der Waals surface area contributed by atoms with Gasteiger partial charge in [0.1, 0.15) is 29.0 Å². The minimum atomic E-state index is -2.02. The molecule has 0 radical (unpaired) electrons. The van der Waals surface area contributed by atoms with E-state index in [2.05, 4.69) is 18.7 Å². The van der Waals surface area contributed by atoms with E-state index in [1.165, 1.54) is 32.2 Å². The normalized spacial score (nSPS) is 27.1. The van der Waals surface area contributed by atoms with E-state index in [1.807, 2.05) is 6.92 Å². The molecule has 2 aliphatic carbocycles. The second-order valence-corrected chi connectivity index (χ2v) is 12.7. The van der Waals surface area contributed by atoms with E-state index in [9.17, 15) is 34.8 Å². The number of aromatic hydroxyl groups is 2. The zero-order chi connectivity index (χ0) is 34.4. The third kappa shape index (κ3) is 6.03. The maximum absolute atomic E-state index is 13.9. The van der Waals surface area contributed by atoms with Crippen LogP contribution in [0.25, 0.3) is 0 Å². The molecule has 1 saturated heterocycles. The molecule has 12 nitrogen and oxygen atoms in total. The number of aliphatic hydroxyl groups is 2. The number of aliphatic imine (C=N–C) groups is 1. The van der Waals surface area contributed by atoms with Crippen molar-refractivity contribution in [3.63, 3.8) is 0 Å². The van der Waals surface area contributed by atoms with E-state index in [0.717, 1.165) is 31.8 Å². The number of fused-ring (bicyclic) bond motifs is 3. The quantitative estimate of drug-likeness (QED) is 0.151. The fourth-order valence-electron chi connectivity index (χ4n) is 7.02. The van der Waals surface area contributed by atoms with Crippen LogP contribution < -0.4 is 4.74 Å². The molecule has 47 heavy (non-hydrogen) atoms. The summed E-state index contributed by atoms with van der Waals surface area (Å²) in [5.74, 6) is -2.37. The van der Waals surface area contributed by atoms with Crippen molar-refractivity contribution in [1.82, 2.24) is 4.90 Å². The maximum atomic E-state index is 13.9. The van der Waals surface area contributed by atoms with Gasteiger partial charge in [0.15, 0.2) is 17.9 Å². The van der Waals surface area contributed by atoms with Crippen molar-refractivity contribution in [3.8, 4) is 17.2 Å². The van der Waals surface area contributed by atoms with Gasteiger partial charge in [-0.3, -0.25) is 19.4 Å². The molecular formula is C35H44N2O10. The molecule has 2 aromatic rings. The van der Waals surface area contributed by atoms with E-state index < -0.39 is 82.6 Å². The fourth-order valence-corrected chi connectivity index (χ4v) is 7.02. The standard InChI is InChI=1S/C35H44N2O10/c1-7-12-37(13-8-2)19(5)36-22-14-25(46-17(3)30(22)39)47-24-16-35(44,18(4)38)15-21-27(24)34(43)29-28(32(21)41)31(40)20-10-9-11-23(45-6)26(20)33(29)42/h9-11,17,22,24-25,30,39,41,43-44H,7-8,12-16H2,1-6H3/t17?,22-,24-,25?,30?,35?/m0/s1. The van der Waals surface area contributed by atoms with E-state index in [-0.39, 0.29) is 40.8 Å². The molecule has 0 aromatic heterocycles. The lowest BCUT2D eigenvalue weighted by atomic mass is 9.72. The monoisotopic (exact) mass is 652 g/mol. The molecule has 12 heteroatoms. The van der Waals surface area contributed by atoms with Crippen LogP contribution in [0.2, 0.25) is 0 Å². The van der Waals surface area contributed by atoms with E-state index in [0.29, 0.717) is 0 Å². The van der Waals surface area contributed by atoms with Crippen molar-refractivity contribution < 1.29 is 49.0 Å². The highest BCUT2D eigenvalue weighted by atomic mass is 16.7. The molecule has 1 aliphatic heterocycles. The zero-order valence-corrected chi connectivity index (χ0v) is 27.7. The summed E-state index contributed by atoms with van der Waals surface area (Å²) in [6.45, 7) is 10.6. The van der Waals surface area contributed by atoms with Gasteiger partial charge in [0.25, 0.3) is 0 Å². The van der Waals surface area contributed by atoms with Gasteiger partial charge in [-0.05, 0) is 39.7 Å². The summed E-state index contributed by atoms with van der Waals surface area (Å²) < 4.78 is 17.7.